The molecule has 5 heteroatoms. The fraction of sp³-hybridized carbons (Fsp3) is 0.391. The van der Waals surface area contributed by atoms with Crippen LogP contribution in [0.25, 0.3) is 27.8 Å². The van der Waals surface area contributed by atoms with Crippen molar-refractivity contribution in [3.63, 3.8) is 0 Å². The van der Waals surface area contributed by atoms with Gasteiger partial charge >= 0.3 is 0 Å². The number of likely N-dealkylation sites (N-methyl/N-ethyl adjacent to an activating group) is 1. The quantitative estimate of drug-likeness (QED) is 0.532. The molecule has 5 nitrogen and oxygen atoms in total. The summed E-state index contributed by atoms with van der Waals surface area (Å²) in [6, 6.07) is 11.5. The molecule has 5 rings (SSSR count). The molecule has 0 N–H and O–H groups in total. The molecule has 0 aliphatic carbocycles. The van der Waals surface area contributed by atoms with E-state index in [1.165, 1.54) is 48.3 Å². The van der Waals surface area contributed by atoms with Gasteiger partial charge in [-0.25, -0.2) is 9.97 Å². The largest absolute Gasteiger partial charge is 0.328 e. The van der Waals surface area contributed by atoms with Crippen molar-refractivity contribution in [2.24, 2.45) is 0 Å². The summed E-state index contributed by atoms with van der Waals surface area (Å²) >= 11 is 0. The number of benzene rings is 1. The van der Waals surface area contributed by atoms with Gasteiger partial charge in [0.2, 0.25) is 0 Å². The number of imidazole rings is 2. The Hall–Kier alpha value is -2.66. The number of nitrogens with zero attached hydrogens (tertiary/aromatic N) is 5. The molecular weight excluding hydrogens is 346 g/mol. The van der Waals surface area contributed by atoms with Gasteiger partial charge in [-0.1, -0.05) is 12.5 Å². The molecule has 4 heterocycles. The van der Waals surface area contributed by atoms with E-state index in [1.54, 1.807) is 0 Å². The summed E-state index contributed by atoms with van der Waals surface area (Å²) in [7, 11) is 2.26. The molecule has 0 bridgehead atoms. The van der Waals surface area contributed by atoms with Crippen LogP contribution in [0.2, 0.25) is 0 Å². The first-order valence-electron chi connectivity index (χ1n) is 10.4. The number of likely N-dealkylation sites (tertiary alicyclic amines) is 1. The SMILES string of the molecule is CCn1c(CC2CCCCN2C)nc2cc(-c3ccc4nccn4c3)ccc21. The molecule has 0 saturated carbocycles. The van der Waals surface area contributed by atoms with Gasteiger partial charge in [-0.05, 0) is 68.8 Å². The van der Waals surface area contributed by atoms with Gasteiger partial charge in [-0.2, -0.15) is 0 Å². The molecule has 1 aliphatic rings. The molecule has 0 spiro atoms. The Morgan fingerprint density at radius 1 is 1.11 bits per heavy atom. The van der Waals surface area contributed by atoms with Gasteiger partial charge in [-0.15, -0.1) is 0 Å². The van der Waals surface area contributed by atoms with E-state index in [9.17, 15) is 0 Å². The Labute approximate surface area is 165 Å². The fourth-order valence-electron chi connectivity index (χ4n) is 4.57. The predicted octanol–water partition coefficient (Wildman–Crippen LogP) is 4.40. The molecule has 1 fully saturated rings. The van der Waals surface area contributed by atoms with Crippen LogP contribution in [0.1, 0.15) is 32.0 Å². The fourth-order valence-corrected chi connectivity index (χ4v) is 4.57. The standard InChI is InChI=1S/C23H27N5/c1-3-28-21-9-7-17(18-8-10-22-24-11-13-27(22)16-18)14-20(21)25-23(28)15-19-6-4-5-12-26(19)2/h7-11,13-14,16,19H,3-6,12,15H2,1-2H3. The van der Waals surface area contributed by atoms with Crippen molar-refractivity contribution >= 4 is 16.7 Å². The predicted molar refractivity (Wildman–Crippen MR) is 114 cm³/mol. The molecule has 1 unspecified atom stereocenters. The number of hydrogen-bond donors (Lipinski definition) is 0. The normalized spacial score (nSPS) is 18.3. The van der Waals surface area contributed by atoms with E-state index < -0.39 is 0 Å². The lowest BCUT2D eigenvalue weighted by atomic mass is 10.00. The second-order valence-corrected chi connectivity index (χ2v) is 7.92. The minimum absolute atomic E-state index is 0.610. The Morgan fingerprint density at radius 2 is 2.00 bits per heavy atom. The first kappa shape index (κ1) is 17.4. The molecular formula is C23H27N5. The molecule has 3 aromatic heterocycles. The van der Waals surface area contributed by atoms with E-state index >= 15 is 0 Å². The average Bonchev–Trinajstić information content (AvgIpc) is 3.32. The van der Waals surface area contributed by atoms with Gasteiger partial charge < -0.3 is 13.9 Å². The first-order chi connectivity index (χ1) is 13.7. The van der Waals surface area contributed by atoms with Crippen molar-refractivity contribution in [1.82, 2.24) is 23.8 Å². The molecule has 1 saturated heterocycles. The van der Waals surface area contributed by atoms with Gasteiger partial charge in [0.15, 0.2) is 0 Å². The second-order valence-electron chi connectivity index (χ2n) is 7.92. The van der Waals surface area contributed by atoms with E-state index in [2.05, 4.69) is 69.4 Å². The second kappa shape index (κ2) is 7.06. The van der Waals surface area contributed by atoms with Crippen LogP contribution in [0.4, 0.5) is 0 Å². The van der Waals surface area contributed by atoms with Gasteiger partial charge in [0.1, 0.15) is 11.5 Å². The molecule has 1 aromatic carbocycles. The zero-order valence-electron chi connectivity index (χ0n) is 16.7. The first-order valence-corrected chi connectivity index (χ1v) is 10.4. The average molecular weight is 374 g/mol. The molecule has 0 amide bonds. The number of fused-ring (bicyclic) bond motifs is 2. The van der Waals surface area contributed by atoms with E-state index in [1.807, 2.05) is 12.4 Å². The monoisotopic (exact) mass is 373 g/mol. The number of pyridine rings is 1. The lowest BCUT2D eigenvalue weighted by molar-refractivity contribution is 0.182. The molecule has 1 aliphatic heterocycles. The lowest BCUT2D eigenvalue weighted by Crippen LogP contribution is -2.38. The molecule has 4 aromatic rings. The van der Waals surface area contributed by atoms with Crippen LogP contribution >= 0.6 is 0 Å². The number of aryl methyl sites for hydroxylation is 1. The van der Waals surface area contributed by atoms with Crippen molar-refractivity contribution in [1.29, 1.82) is 0 Å². The summed E-state index contributed by atoms with van der Waals surface area (Å²) in [6.07, 6.45) is 10.9. The smallest absolute Gasteiger partial charge is 0.136 e. The van der Waals surface area contributed by atoms with Crippen LogP contribution in [0.3, 0.4) is 0 Å². The highest BCUT2D eigenvalue weighted by atomic mass is 15.1. The zero-order chi connectivity index (χ0) is 19.1. The van der Waals surface area contributed by atoms with Crippen LogP contribution in [0.5, 0.6) is 0 Å². The van der Waals surface area contributed by atoms with E-state index in [0.29, 0.717) is 6.04 Å². The van der Waals surface area contributed by atoms with Crippen molar-refractivity contribution < 1.29 is 0 Å². The summed E-state index contributed by atoms with van der Waals surface area (Å²) in [6.45, 7) is 4.39. The Morgan fingerprint density at radius 3 is 2.86 bits per heavy atom. The van der Waals surface area contributed by atoms with E-state index in [-0.39, 0.29) is 0 Å². The summed E-state index contributed by atoms with van der Waals surface area (Å²) in [4.78, 5) is 11.9. The third-order valence-corrected chi connectivity index (χ3v) is 6.21. The van der Waals surface area contributed by atoms with Gasteiger partial charge in [0.25, 0.3) is 0 Å². The topological polar surface area (TPSA) is 38.4 Å². The molecule has 144 valence electrons. The maximum atomic E-state index is 5.07. The minimum Gasteiger partial charge on any atom is -0.328 e. The highest BCUT2D eigenvalue weighted by molar-refractivity contribution is 5.82. The number of hydrogen-bond acceptors (Lipinski definition) is 3. The van der Waals surface area contributed by atoms with Gasteiger partial charge in [0.05, 0.1) is 11.0 Å². The van der Waals surface area contributed by atoms with E-state index in [4.69, 9.17) is 4.98 Å². The Kier molecular flexibility index (Phi) is 4.40. The third-order valence-electron chi connectivity index (χ3n) is 6.21. The summed E-state index contributed by atoms with van der Waals surface area (Å²) in [5, 5.41) is 0. The maximum Gasteiger partial charge on any atom is 0.136 e. The van der Waals surface area contributed by atoms with Crippen LogP contribution in [-0.4, -0.2) is 43.5 Å². The lowest BCUT2D eigenvalue weighted by Gasteiger charge is -2.32. The van der Waals surface area contributed by atoms with E-state index in [0.717, 1.165) is 24.1 Å². The highest BCUT2D eigenvalue weighted by Crippen LogP contribution is 2.27. The molecule has 28 heavy (non-hydrogen) atoms. The summed E-state index contributed by atoms with van der Waals surface area (Å²) in [5.41, 5.74) is 5.69. The molecule has 1 atom stereocenters. The van der Waals surface area contributed by atoms with Crippen molar-refractivity contribution in [3.8, 4) is 11.1 Å². The highest BCUT2D eigenvalue weighted by Gasteiger charge is 2.22. The van der Waals surface area contributed by atoms with Crippen LogP contribution in [0.15, 0.2) is 48.9 Å². The number of aromatic nitrogens is 4. The van der Waals surface area contributed by atoms with Crippen LogP contribution in [-0.2, 0) is 13.0 Å². The maximum absolute atomic E-state index is 5.07. The number of piperidine rings is 1. The zero-order valence-corrected chi connectivity index (χ0v) is 16.7. The summed E-state index contributed by atoms with van der Waals surface area (Å²) < 4.78 is 4.45. The summed E-state index contributed by atoms with van der Waals surface area (Å²) in [5.74, 6) is 1.22. The third kappa shape index (κ3) is 3.00. The van der Waals surface area contributed by atoms with Gasteiger partial charge in [-0.3, -0.25) is 0 Å². The minimum atomic E-state index is 0.610. The van der Waals surface area contributed by atoms with Crippen LogP contribution in [0, 0.1) is 0 Å². The van der Waals surface area contributed by atoms with Crippen molar-refractivity contribution in [2.75, 3.05) is 13.6 Å². The van der Waals surface area contributed by atoms with Crippen LogP contribution < -0.4 is 0 Å². The Balaban J connectivity index is 1.52. The van der Waals surface area contributed by atoms with Crippen molar-refractivity contribution in [3.05, 3.63) is 54.7 Å². The molecule has 0 radical (unpaired) electrons. The Bertz CT molecular complexity index is 1120. The van der Waals surface area contributed by atoms with Gasteiger partial charge in [0, 0.05) is 37.6 Å². The van der Waals surface area contributed by atoms with Crippen molar-refractivity contribution in [2.45, 2.75) is 45.2 Å². The number of rotatable bonds is 4.